The summed E-state index contributed by atoms with van der Waals surface area (Å²) in [5.74, 6) is 0. The van der Waals surface area contributed by atoms with Crippen molar-refractivity contribution in [1.82, 2.24) is 0 Å². The average molecular weight is 214 g/mol. The van der Waals surface area contributed by atoms with Gasteiger partial charge in [0.2, 0.25) is 0 Å². The van der Waals surface area contributed by atoms with Crippen molar-refractivity contribution in [1.29, 1.82) is 0 Å². The maximum atomic E-state index is 2.34. The highest BCUT2D eigenvalue weighted by Crippen LogP contribution is 2.27. The molecule has 1 fully saturated rings. The zero-order valence-electron chi connectivity index (χ0n) is 10.3. The number of allylic oxidation sites excluding steroid dienone is 2. The number of benzene rings is 1. The molecule has 1 aliphatic rings. The van der Waals surface area contributed by atoms with Crippen LogP contribution >= 0.6 is 0 Å². The molecule has 1 aromatic carbocycles. The molecule has 0 saturated heterocycles. The van der Waals surface area contributed by atoms with Gasteiger partial charge in [0.05, 0.1) is 0 Å². The minimum absolute atomic E-state index is 1.20. The first-order valence-electron chi connectivity index (χ1n) is 6.57. The summed E-state index contributed by atoms with van der Waals surface area (Å²) < 4.78 is 0. The van der Waals surface area contributed by atoms with Crippen LogP contribution in [0, 0.1) is 0 Å². The van der Waals surface area contributed by atoms with Crippen LogP contribution in [0.3, 0.4) is 0 Å². The maximum Gasteiger partial charge on any atom is -0.0241 e. The number of hydrogen-bond donors (Lipinski definition) is 0. The summed E-state index contributed by atoms with van der Waals surface area (Å²) in [6, 6.07) is 10.8. The Kier molecular flexibility index (Phi) is 4.21. The fourth-order valence-corrected chi connectivity index (χ4v) is 2.56. The molecule has 1 aliphatic carbocycles. The van der Waals surface area contributed by atoms with Gasteiger partial charge in [-0.15, -0.1) is 0 Å². The van der Waals surface area contributed by atoms with E-state index in [9.17, 15) is 0 Å². The van der Waals surface area contributed by atoms with Crippen LogP contribution in [0.2, 0.25) is 0 Å². The van der Waals surface area contributed by atoms with Crippen molar-refractivity contribution in [3.8, 4) is 0 Å². The van der Waals surface area contributed by atoms with Crippen LogP contribution in [-0.4, -0.2) is 0 Å². The standard InChI is InChI=1S/C16H22/c1-14(16-10-6-3-7-11-16)12-13-15-8-4-2-5-9-15/h2,4-5,8-9H,3,6-7,10-13H2,1H3. The number of hydrogen-bond acceptors (Lipinski definition) is 0. The lowest BCUT2D eigenvalue weighted by Gasteiger charge is -2.17. The van der Waals surface area contributed by atoms with Gasteiger partial charge >= 0.3 is 0 Å². The molecule has 0 spiro atoms. The highest BCUT2D eigenvalue weighted by atomic mass is 14.1. The lowest BCUT2D eigenvalue weighted by molar-refractivity contribution is 0.589. The van der Waals surface area contributed by atoms with E-state index < -0.39 is 0 Å². The zero-order chi connectivity index (χ0) is 11.2. The molecule has 0 N–H and O–H groups in total. The molecule has 0 aromatic heterocycles. The largest absolute Gasteiger partial charge is 0.0738 e. The molecule has 86 valence electrons. The Morgan fingerprint density at radius 1 is 1.00 bits per heavy atom. The van der Waals surface area contributed by atoms with E-state index in [2.05, 4.69) is 37.3 Å². The Balaban J connectivity index is 1.89. The highest BCUT2D eigenvalue weighted by molar-refractivity contribution is 5.19. The smallest absolute Gasteiger partial charge is 0.0241 e. The molecule has 0 amide bonds. The van der Waals surface area contributed by atoms with E-state index >= 15 is 0 Å². The van der Waals surface area contributed by atoms with Gasteiger partial charge < -0.3 is 0 Å². The van der Waals surface area contributed by atoms with Gasteiger partial charge in [0, 0.05) is 0 Å². The molecule has 0 heteroatoms. The molecule has 0 heterocycles. The average Bonchev–Trinajstić information content (AvgIpc) is 2.38. The Morgan fingerprint density at radius 2 is 1.69 bits per heavy atom. The second-order valence-electron chi connectivity index (χ2n) is 4.93. The minimum atomic E-state index is 1.20. The third kappa shape index (κ3) is 3.23. The maximum absolute atomic E-state index is 2.34. The van der Waals surface area contributed by atoms with Crippen LogP contribution in [0.4, 0.5) is 0 Å². The van der Waals surface area contributed by atoms with Crippen molar-refractivity contribution >= 4 is 0 Å². The second kappa shape index (κ2) is 5.89. The molecule has 0 bridgehead atoms. The van der Waals surface area contributed by atoms with Crippen LogP contribution in [-0.2, 0) is 6.42 Å². The van der Waals surface area contributed by atoms with Crippen LogP contribution < -0.4 is 0 Å². The Bertz CT molecular complexity index is 338. The van der Waals surface area contributed by atoms with E-state index in [-0.39, 0.29) is 0 Å². The van der Waals surface area contributed by atoms with Crippen molar-refractivity contribution in [3.63, 3.8) is 0 Å². The molecule has 0 nitrogen and oxygen atoms in total. The molecular formula is C16H22. The predicted octanol–water partition coefficient (Wildman–Crippen LogP) is 4.90. The Morgan fingerprint density at radius 3 is 2.38 bits per heavy atom. The minimum Gasteiger partial charge on any atom is -0.0738 e. The number of aryl methyl sites for hydroxylation is 1. The van der Waals surface area contributed by atoms with Crippen molar-refractivity contribution in [2.45, 2.75) is 51.9 Å². The quantitative estimate of drug-likeness (QED) is 0.628. The van der Waals surface area contributed by atoms with Gasteiger partial charge in [0.15, 0.2) is 0 Å². The highest BCUT2D eigenvalue weighted by Gasteiger charge is 2.08. The SMILES string of the molecule is CC(CCc1ccccc1)=C1CCCCC1. The van der Waals surface area contributed by atoms with Gasteiger partial charge in [0.25, 0.3) is 0 Å². The molecule has 0 atom stereocenters. The fourth-order valence-electron chi connectivity index (χ4n) is 2.56. The molecule has 1 saturated carbocycles. The van der Waals surface area contributed by atoms with Gasteiger partial charge in [-0.2, -0.15) is 0 Å². The van der Waals surface area contributed by atoms with Crippen molar-refractivity contribution < 1.29 is 0 Å². The normalized spacial score (nSPS) is 16.2. The summed E-state index contributed by atoms with van der Waals surface area (Å²) in [7, 11) is 0. The third-order valence-electron chi connectivity index (χ3n) is 3.69. The monoisotopic (exact) mass is 214 g/mol. The Labute approximate surface area is 99.4 Å². The Hall–Kier alpha value is -1.04. The summed E-state index contributed by atoms with van der Waals surface area (Å²) in [6.45, 7) is 2.34. The van der Waals surface area contributed by atoms with E-state index in [1.807, 2.05) is 0 Å². The van der Waals surface area contributed by atoms with Crippen molar-refractivity contribution in [2.75, 3.05) is 0 Å². The first-order chi connectivity index (χ1) is 7.86. The van der Waals surface area contributed by atoms with E-state index in [1.54, 1.807) is 11.1 Å². The van der Waals surface area contributed by atoms with Crippen molar-refractivity contribution in [3.05, 3.63) is 47.0 Å². The van der Waals surface area contributed by atoms with Crippen molar-refractivity contribution in [2.24, 2.45) is 0 Å². The zero-order valence-corrected chi connectivity index (χ0v) is 10.3. The van der Waals surface area contributed by atoms with Crippen LogP contribution in [0.15, 0.2) is 41.5 Å². The molecule has 1 aromatic rings. The topological polar surface area (TPSA) is 0 Å². The summed E-state index contributed by atoms with van der Waals surface area (Å²) >= 11 is 0. The molecule has 16 heavy (non-hydrogen) atoms. The van der Waals surface area contributed by atoms with Gasteiger partial charge in [-0.3, -0.25) is 0 Å². The second-order valence-corrected chi connectivity index (χ2v) is 4.93. The summed E-state index contributed by atoms with van der Waals surface area (Å²) in [5, 5.41) is 0. The molecule has 2 rings (SSSR count). The summed E-state index contributed by atoms with van der Waals surface area (Å²) in [4.78, 5) is 0. The van der Waals surface area contributed by atoms with Gasteiger partial charge in [-0.25, -0.2) is 0 Å². The van der Waals surface area contributed by atoms with Crippen LogP contribution in [0.1, 0.15) is 51.0 Å². The van der Waals surface area contributed by atoms with E-state index in [0.29, 0.717) is 0 Å². The van der Waals surface area contributed by atoms with E-state index in [0.717, 1.165) is 0 Å². The van der Waals surface area contributed by atoms with E-state index in [1.165, 1.54) is 50.5 Å². The van der Waals surface area contributed by atoms with E-state index in [4.69, 9.17) is 0 Å². The number of rotatable bonds is 3. The predicted molar refractivity (Wildman–Crippen MR) is 70.5 cm³/mol. The first kappa shape index (κ1) is 11.4. The lowest BCUT2D eigenvalue weighted by Crippen LogP contribution is -1.98. The third-order valence-corrected chi connectivity index (χ3v) is 3.69. The molecular weight excluding hydrogens is 192 g/mol. The fraction of sp³-hybridized carbons (Fsp3) is 0.500. The van der Waals surface area contributed by atoms with Crippen LogP contribution in [0.25, 0.3) is 0 Å². The van der Waals surface area contributed by atoms with Gasteiger partial charge in [-0.05, 0) is 51.0 Å². The molecule has 0 aliphatic heterocycles. The summed E-state index contributed by atoms with van der Waals surface area (Å²) in [5.41, 5.74) is 4.88. The van der Waals surface area contributed by atoms with Gasteiger partial charge in [-0.1, -0.05) is 47.9 Å². The van der Waals surface area contributed by atoms with Gasteiger partial charge in [0.1, 0.15) is 0 Å². The summed E-state index contributed by atoms with van der Waals surface area (Å²) in [6.07, 6.45) is 9.45. The first-order valence-corrected chi connectivity index (χ1v) is 6.57. The molecule has 0 unspecified atom stereocenters. The lowest BCUT2D eigenvalue weighted by atomic mass is 9.89. The molecule has 0 radical (unpaired) electrons. The van der Waals surface area contributed by atoms with Crippen LogP contribution in [0.5, 0.6) is 0 Å².